The molecule has 0 bridgehead atoms. The van der Waals surface area contributed by atoms with E-state index in [1.54, 1.807) is 11.3 Å². The SMILES string of the molecule is CCc1ccc(C(O)C(CN)c2ccc(C)c(C)c2)s1. The van der Waals surface area contributed by atoms with Gasteiger partial charge in [-0.05, 0) is 49.1 Å². The maximum atomic E-state index is 10.6. The van der Waals surface area contributed by atoms with Gasteiger partial charge >= 0.3 is 0 Å². The summed E-state index contributed by atoms with van der Waals surface area (Å²) >= 11 is 1.68. The van der Waals surface area contributed by atoms with E-state index in [2.05, 4.69) is 45.0 Å². The van der Waals surface area contributed by atoms with Gasteiger partial charge in [-0.15, -0.1) is 11.3 Å². The van der Waals surface area contributed by atoms with E-state index in [9.17, 15) is 5.11 Å². The van der Waals surface area contributed by atoms with Crippen molar-refractivity contribution in [2.75, 3.05) is 6.54 Å². The number of aliphatic hydroxyl groups excluding tert-OH is 1. The fourth-order valence-corrected chi connectivity index (χ4v) is 3.39. The molecule has 0 aliphatic rings. The average molecular weight is 289 g/mol. The molecule has 1 aromatic heterocycles. The second kappa shape index (κ2) is 6.53. The van der Waals surface area contributed by atoms with Gasteiger partial charge in [-0.25, -0.2) is 0 Å². The molecule has 2 atom stereocenters. The summed E-state index contributed by atoms with van der Waals surface area (Å²) in [6.07, 6.45) is 0.487. The van der Waals surface area contributed by atoms with E-state index >= 15 is 0 Å². The summed E-state index contributed by atoms with van der Waals surface area (Å²) in [5.41, 5.74) is 9.55. The van der Waals surface area contributed by atoms with Crippen molar-refractivity contribution in [1.29, 1.82) is 0 Å². The van der Waals surface area contributed by atoms with Gasteiger partial charge in [-0.3, -0.25) is 0 Å². The summed E-state index contributed by atoms with van der Waals surface area (Å²) in [4.78, 5) is 2.31. The lowest BCUT2D eigenvalue weighted by atomic mass is 9.90. The minimum Gasteiger partial charge on any atom is -0.387 e. The molecule has 2 rings (SSSR count). The number of hydrogen-bond acceptors (Lipinski definition) is 3. The van der Waals surface area contributed by atoms with Crippen LogP contribution in [0.4, 0.5) is 0 Å². The Balaban J connectivity index is 2.28. The Hall–Kier alpha value is -1.16. The molecule has 0 radical (unpaired) electrons. The number of benzene rings is 1. The second-order valence-corrected chi connectivity index (χ2v) is 6.49. The van der Waals surface area contributed by atoms with Crippen molar-refractivity contribution in [3.63, 3.8) is 0 Å². The first-order chi connectivity index (χ1) is 9.56. The standard InChI is InChI=1S/C17H23NOS/c1-4-14-7-8-16(20-14)17(19)15(10-18)13-6-5-11(2)12(3)9-13/h5-9,15,17,19H,4,10,18H2,1-3H3. The highest BCUT2D eigenvalue weighted by Crippen LogP contribution is 2.34. The third kappa shape index (κ3) is 3.11. The van der Waals surface area contributed by atoms with Crippen LogP contribution < -0.4 is 5.73 Å². The fraction of sp³-hybridized carbons (Fsp3) is 0.412. The highest BCUT2D eigenvalue weighted by Gasteiger charge is 2.23. The van der Waals surface area contributed by atoms with Crippen LogP contribution in [0.1, 0.15) is 45.4 Å². The molecule has 0 aliphatic heterocycles. The van der Waals surface area contributed by atoms with Crippen LogP contribution in [0.2, 0.25) is 0 Å². The normalized spacial score (nSPS) is 14.2. The van der Waals surface area contributed by atoms with E-state index in [1.165, 1.54) is 16.0 Å². The van der Waals surface area contributed by atoms with Gasteiger partial charge in [-0.2, -0.15) is 0 Å². The summed E-state index contributed by atoms with van der Waals surface area (Å²) in [5.74, 6) is -0.0438. The molecule has 2 unspecified atom stereocenters. The van der Waals surface area contributed by atoms with Crippen molar-refractivity contribution in [3.8, 4) is 0 Å². The van der Waals surface area contributed by atoms with Crippen LogP contribution in [0.5, 0.6) is 0 Å². The van der Waals surface area contributed by atoms with E-state index in [4.69, 9.17) is 5.73 Å². The Morgan fingerprint density at radius 3 is 2.45 bits per heavy atom. The molecule has 20 heavy (non-hydrogen) atoms. The van der Waals surface area contributed by atoms with Gasteiger partial charge < -0.3 is 10.8 Å². The zero-order chi connectivity index (χ0) is 14.7. The molecule has 0 fully saturated rings. The van der Waals surface area contributed by atoms with Crippen molar-refractivity contribution in [2.45, 2.75) is 39.2 Å². The van der Waals surface area contributed by atoms with Crippen LogP contribution in [0.25, 0.3) is 0 Å². The summed E-state index contributed by atoms with van der Waals surface area (Å²) in [6.45, 7) is 6.77. The monoisotopic (exact) mass is 289 g/mol. The molecule has 0 spiro atoms. The van der Waals surface area contributed by atoms with E-state index in [0.29, 0.717) is 6.54 Å². The molecule has 3 N–H and O–H groups in total. The summed E-state index contributed by atoms with van der Waals surface area (Å²) < 4.78 is 0. The topological polar surface area (TPSA) is 46.2 Å². The minimum absolute atomic E-state index is 0.0438. The minimum atomic E-state index is -0.521. The predicted molar refractivity (Wildman–Crippen MR) is 86.4 cm³/mol. The molecule has 3 heteroatoms. The van der Waals surface area contributed by atoms with Gasteiger partial charge in [0.15, 0.2) is 0 Å². The van der Waals surface area contributed by atoms with Crippen LogP contribution in [-0.2, 0) is 6.42 Å². The molecule has 2 nitrogen and oxygen atoms in total. The van der Waals surface area contributed by atoms with E-state index in [0.717, 1.165) is 16.9 Å². The highest BCUT2D eigenvalue weighted by atomic mass is 32.1. The zero-order valence-electron chi connectivity index (χ0n) is 12.4. The Kier molecular flexibility index (Phi) is 4.97. The van der Waals surface area contributed by atoms with Gasteiger partial charge in [0.25, 0.3) is 0 Å². The molecule has 0 saturated carbocycles. The lowest BCUT2D eigenvalue weighted by molar-refractivity contribution is 0.151. The fourth-order valence-electron chi connectivity index (χ4n) is 2.38. The molecule has 0 aliphatic carbocycles. The lowest BCUT2D eigenvalue weighted by Crippen LogP contribution is -2.19. The third-order valence-electron chi connectivity index (χ3n) is 3.92. The summed E-state index contributed by atoms with van der Waals surface area (Å²) in [5, 5.41) is 10.6. The second-order valence-electron chi connectivity index (χ2n) is 5.29. The van der Waals surface area contributed by atoms with E-state index in [-0.39, 0.29) is 5.92 Å². The van der Waals surface area contributed by atoms with Crippen molar-refractivity contribution >= 4 is 11.3 Å². The van der Waals surface area contributed by atoms with Crippen LogP contribution >= 0.6 is 11.3 Å². The van der Waals surface area contributed by atoms with Crippen LogP contribution in [0.3, 0.4) is 0 Å². The number of rotatable bonds is 5. The number of nitrogens with two attached hydrogens (primary N) is 1. The first kappa shape index (κ1) is 15.2. The molecule has 0 amide bonds. The Morgan fingerprint density at radius 2 is 1.90 bits per heavy atom. The Bertz CT molecular complexity index is 576. The molecule has 1 heterocycles. The van der Waals surface area contributed by atoms with Crippen molar-refractivity contribution < 1.29 is 5.11 Å². The van der Waals surface area contributed by atoms with Gasteiger partial charge in [0.1, 0.15) is 0 Å². The molecular weight excluding hydrogens is 266 g/mol. The third-order valence-corrected chi connectivity index (χ3v) is 5.22. The molecule has 0 saturated heterocycles. The first-order valence-corrected chi connectivity index (χ1v) is 7.92. The number of hydrogen-bond donors (Lipinski definition) is 2. The van der Waals surface area contributed by atoms with Crippen molar-refractivity contribution in [1.82, 2.24) is 0 Å². The molecule has 2 aromatic rings. The maximum Gasteiger partial charge on any atom is 0.0962 e. The molecular formula is C17H23NOS. The van der Waals surface area contributed by atoms with Crippen LogP contribution in [0.15, 0.2) is 30.3 Å². The quantitative estimate of drug-likeness (QED) is 0.881. The van der Waals surface area contributed by atoms with Crippen molar-refractivity contribution in [2.24, 2.45) is 5.73 Å². The zero-order valence-corrected chi connectivity index (χ0v) is 13.2. The average Bonchev–Trinajstić information content (AvgIpc) is 2.92. The van der Waals surface area contributed by atoms with E-state index < -0.39 is 6.10 Å². The number of aryl methyl sites for hydroxylation is 3. The van der Waals surface area contributed by atoms with Crippen molar-refractivity contribution in [3.05, 3.63) is 56.8 Å². The highest BCUT2D eigenvalue weighted by molar-refractivity contribution is 7.12. The van der Waals surface area contributed by atoms with Crippen LogP contribution in [0, 0.1) is 13.8 Å². The van der Waals surface area contributed by atoms with Gasteiger partial charge in [0.2, 0.25) is 0 Å². The summed E-state index contributed by atoms with van der Waals surface area (Å²) in [6, 6.07) is 10.4. The maximum absolute atomic E-state index is 10.6. The largest absolute Gasteiger partial charge is 0.387 e. The smallest absolute Gasteiger partial charge is 0.0962 e. The Labute approximate surface area is 125 Å². The van der Waals surface area contributed by atoms with Crippen LogP contribution in [-0.4, -0.2) is 11.7 Å². The van der Waals surface area contributed by atoms with E-state index in [1.807, 2.05) is 6.07 Å². The summed E-state index contributed by atoms with van der Waals surface area (Å²) in [7, 11) is 0. The predicted octanol–water partition coefficient (Wildman–Crippen LogP) is 3.70. The lowest BCUT2D eigenvalue weighted by Gasteiger charge is -2.22. The van der Waals surface area contributed by atoms with Gasteiger partial charge in [-0.1, -0.05) is 25.1 Å². The Morgan fingerprint density at radius 1 is 1.15 bits per heavy atom. The first-order valence-electron chi connectivity index (χ1n) is 7.10. The number of thiophene rings is 1. The number of aliphatic hydroxyl groups is 1. The molecule has 108 valence electrons. The van der Waals surface area contributed by atoms with Gasteiger partial charge in [0, 0.05) is 22.2 Å². The van der Waals surface area contributed by atoms with Gasteiger partial charge in [0.05, 0.1) is 6.10 Å². The molecule has 1 aromatic carbocycles.